The quantitative estimate of drug-likeness (QED) is 0.852. The zero-order valence-electron chi connectivity index (χ0n) is 12.7. The van der Waals surface area contributed by atoms with Crippen LogP contribution in [0, 0.1) is 5.82 Å². The summed E-state index contributed by atoms with van der Waals surface area (Å²) in [6, 6.07) is 6.67. The summed E-state index contributed by atoms with van der Waals surface area (Å²) in [4.78, 5) is 8.93. The number of nitrogens with zero attached hydrogens (tertiary/aromatic N) is 2. The van der Waals surface area contributed by atoms with E-state index in [1.165, 1.54) is 26.0 Å². The highest BCUT2D eigenvalue weighted by atomic mass is 19.1. The molecular weight excluding hydrogens is 283 g/mol. The van der Waals surface area contributed by atoms with Gasteiger partial charge in [-0.25, -0.2) is 9.37 Å². The summed E-state index contributed by atoms with van der Waals surface area (Å²) in [7, 11) is 1.44. The van der Waals surface area contributed by atoms with E-state index in [2.05, 4.69) is 20.6 Å². The number of methoxy groups -OCH3 is 1. The van der Waals surface area contributed by atoms with E-state index in [0.29, 0.717) is 23.4 Å². The van der Waals surface area contributed by atoms with E-state index in [1.54, 1.807) is 12.1 Å². The van der Waals surface area contributed by atoms with Crippen LogP contribution in [0.1, 0.15) is 31.4 Å². The molecular formula is C16H19FN4O. The summed E-state index contributed by atoms with van der Waals surface area (Å²) in [6.45, 7) is 2.75. The third kappa shape index (κ3) is 3.27. The molecule has 22 heavy (non-hydrogen) atoms. The largest absolute Gasteiger partial charge is 0.494 e. The second-order valence-corrected chi connectivity index (χ2v) is 5.28. The maximum Gasteiger partial charge on any atom is 0.224 e. The zero-order valence-corrected chi connectivity index (χ0v) is 12.7. The molecule has 0 amide bonds. The van der Waals surface area contributed by atoms with Crippen LogP contribution >= 0.6 is 0 Å². The molecule has 0 spiro atoms. The van der Waals surface area contributed by atoms with Crippen molar-refractivity contribution >= 4 is 17.5 Å². The van der Waals surface area contributed by atoms with Gasteiger partial charge in [-0.15, -0.1) is 0 Å². The van der Waals surface area contributed by atoms with Gasteiger partial charge < -0.3 is 15.4 Å². The minimum absolute atomic E-state index is 0.222. The van der Waals surface area contributed by atoms with Gasteiger partial charge in [-0.1, -0.05) is 0 Å². The number of hydrogen-bond donors (Lipinski definition) is 2. The number of nitrogens with one attached hydrogen (secondary N) is 2. The Morgan fingerprint density at radius 1 is 1.27 bits per heavy atom. The maximum absolute atomic E-state index is 13.8. The molecule has 1 aromatic heterocycles. The Morgan fingerprint density at radius 3 is 2.73 bits per heavy atom. The highest BCUT2D eigenvalue weighted by molar-refractivity contribution is 5.59. The molecule has 1 saturated carbocycles. The summed E-state index contributed by atoms with van der Waals surface area (Å²) in [6.07, 6.45) is 2.33. The lowest BCUT2D eigenvalue weighted by atomic mass is 10.2. The third-order valence-electron chi connectivity index (χ3n) is 3.50. The van der Waals surface area contributed by atoms with Gasteiger partial charge in [0.15, 0.2) is 11.6 Å². The Labute approximate surface area is 128 Å². The fraction of sp³-hybridized carbons (Fsp3) is 0.375. The third-order valence-corrected chi connectivity index (χ3v) is 3.50. The molecule has 0 unspecified atom stereocenters. The predicted octanol–water partition coefficient (Wildman–Crippen LogP) is 3.68. The number of ether oxygens (including phenoxy) is 1. The Bertz CT molecular complexity index is 673. The molecule has 1 heterocycles. The molecule has 6 heteroatoms. The Balaban J connectivity index is 1.85. The van der Waals surface area contributed by atoms with Gasteiger partial charge in [0.2, 0.25) is 5.95 Å². The Kier molecular flexibility index (Phi) is 4.09. The predicted molar refractivity (Wildman–Crippen MR) is 84.4 cm³/mol. The number of halogens is 1. The fourth-order valence-corrected chi connectivity index (χ4v) is 2.25. The average Bonchev–Trinajstić information content (AvgIpc) is 3.32. The van der Waals surface area contributed by atoms with Gasteiger partial charge in [-0.3, -0.25) is 0 Å². The van der Waals surface area contributed by atoms with Crippen LogP contribution in [-0.4, -0.2) is 23.6 Å². The summed E-state index contributed by atoms with van der Waals surface area (Å²) >= 11 is 0. The summed E-state index contributed by atoms with van der Waals surface area (Å²) in [5.74, 6) is 1.60. The molecule has 0 saturated heterocycles. The van der Waals surface area contributed by atoms with Crippen LogP contribution in [0.4, 0.5) is 21.8 Å². The van der Waals surface area contributed by atoms with Gasteiger partial charge >= 0.3 is 0 Å². The van der Waals surface area contributed by atoms with Crippen molar-refractivity contribution in [3.05, 3.63) is 35.8 Å². The first-order valence-corrected chi connectivity index (χ1v) is 7.43. The van der Waals surface area contributed by atoms with E-state index in [4.69, 9.17) is 4.74 Å². The Hall–Kier alpha value is -2.37. The molecule has 1 aromatic carbocycles. The lowest BCUT2D eigenvalue weighted by molar-refractivity contribution is 0.386. The van der Waals surface area contributed by atoms with E-state index in [-0.39, 0.29) is 5.75 Å². The van der Waals surface area contributed by atoms with Crippen LogP contribution in [0.5, 0.6) is 5.75 Å². The van der Waals surface area contributed by atoms with E-state index >= 15 is 0 Å². The first kappa shape index (κ1) is 14.6. The van der Waals surface area contributed by atoms with Crippen molar-refractivity contribution in [3.63, 3.8) is 0 Å². The van der Waals surface area contributed by atoms with Gasteiger partial charge in [-0.2, -0.15) is 4.98 Å². The smallest absolute Gasteiger partial charge is 0.224 e. The molecule has 3 rings (SSSR count). The van der Waals surface area contributed by atoms with Crippen LogP contribution in [0.3, 0.4) is 0 Å². The number of aromatic nitrogens is 2. The topological polar surface area (TPSA) is 59.1 Å². The molecule has 1 fully saturated rings. The SMILES string of the molecule is CCNc1nc(Nc2ccc(OC)c(F)c2)cc(C2CC2)n1. The van der Waals surface area contributed by atoms with Crippen molar-refractivity contribution in [1.29, 1.82) is 0 Å². The van der Waals surface area contributed by atoms with Crippen molar-refractivity contribution in [3.8, 4) is 5.75 Å². The molecule has 5 nitrogen and oxygen atoms in total. The molecule has 0 atom stereocenters. The van der Waals surface area contributed by atoms with Crippen LogP contribution in [0.2, 0.25) is 0 Å². The van der Waals surface area contributed by atoms with Gasteiger partial charge in [0.1, 0.15) is 5.82 Å². The molecule has 1 aliphatic rings. The molecule has 0 bridgehead atoms. The lowest BCUT2D eigenvalue weighted by Gasteiger charge is -2.11. The first-order chi connectivity index (χ1) is 10.7. The van der Waals surface area contributed by atoms with E-state index in [9.17, 15) is 4.39 Å². The monoisotopic (exact) mass is 302 g/mol. The van der Waals surface area contributed by atoms with Crippen molar-refractivity contribution < 1.29 is 9.13 Å². The van der Waals surface area contributed by atoms with Gasteiger partial charge in [0.05, 0.1) is 12.8 Å². The zero-order chi connectivity index (χ0) is 15.5. The fourth-order valence-electron chi connectivity index (χ4n) is 2.25. The highest BCUT2D eigenvalue weighted by Gasteiger charge is 2.26. The maximum atomic E-state index is 13.8. The molecule has 2 N–H and O–H groups in total. The molecule has 0 radical (unpaired) electrons. The minimum Gasteiger partial charge on any atom is -0.494 e. The van der Waals surface area contributed by atoms with Gasteiger partial charge in [0, 0.05) is 30.3 Å². The van der Waals surface area contributed by atoms with Crippen LogP contribution < -0.4 is 15.4 Å². The normalized spacial score (nSPS) is 13.8. The summed E-state index contributed by atoms with van der Waals surface area (Å²) < 4.78 is 18.7. The second-order valence-electron chi connectivity index (χ2n) is 5.28. The highest BCUT2D eigenvalue weighted by Crippen LogP contribution is 2.40. The Morgan fingerprint density at radius 2 is 2.09 bits per heavy atom. The number of benzene rings is 1. The number of anilines is 3. The van der Waals surface area contributed by atoms with E-state index < -0.39 is 5.82 Å². The van der Waals surface area contributed by atoms with Crippen LogP contribution in [0.15, 0.2) is 24.3 Å². The van der Waals surface area contributed by atoms with Gasteiger partial charge in [0.25, 0.3) is 0 Å². The van der Waals surface area contributed by atoms with Crippen molar-refractivity contribution in [2.45, 2.75) is 25.7 Å². The minimum atomic E-state index is -0.407. The summed E-state index contributed by atoms with van der Waals surface area (Å²) in [5.41, 5.74) is 1.66. The van der Waals surface area contributed by atoms with Gasteiger partial charge in [-0.05, 0) is 31.9 Å². The van der Waals surface area contributed by atoms with Crippen molar-refractivity contribution in [2.75, 3.05) is 24.3 Å². The number of hydrogen-bond acceptors (Lipinski definition) is 5. The summed E-state index contributed by atoms with van der Waals surface area (Å²) in [5, 5.41) is 6.26. The molecule has 1 aliphatic carbocycles. The molecule has 116 valence electrons. The first-order valence-electron chi connectivity index (χ1n) is 7.43. The van der Waals surface area contributed by atoms with E-state index in [0.717, 1.165) is 12.2 Å². The average molecular weight is 302 g/mol. The molecule has 2 aromatic rings. The van der Waals surface area contributed by atoms with Crippen molar-refractivity contribution in [1.82, 2.24) is 9.97 Å². The van der Waals surface area contributed by atoms with Crippen LogP contribution in [-0.2, 0) is 0 Å². The standard InChI is InChI=1S/C16H19FN4O/c1-3-18-16-20-13(10-4-5-10)9-15(21-16)19-11-6-7-14(22-2)12(17)8-11/h6-10H,3-5H2,1-2H3,(H2,18,19,20,21). The molecule has 0 aliphatic heterocycles. The second kappa shape index (κ2) is 6.17. The van der Waals surface area contributed by atoms with Crippen LogP contribution in [0.25, 0.3) is 0 Å². The van der Waals surface area contributed by atoms with Crippen molar-refractivity contribution in [2.24, 2.45) is 0 Å². The lowest BCUT2D eigenvalue weighted by Crippen LogP contribution is -2.06. The number of rotatable bonds is 6. The van der Waals surface area contributed by atoms with E-state index in [1.807, 2.05) is 13.0 Å².